The van der Waals surface area contributed by atoms with Crippen molar-refractivity contribution < 1.29 is 13.2 Å². The summed E-state index contributed by atoms with van der Waals surface area (Å²) in [4.78, 5) is 13.0. The van der Waals surface area contributed by atoms with E-state index < -0.39 is 10.0 Å². The smallest absolute Gasteiger partial charge is 0.265 e. The van der Waals surface area contributed by atoms with Crippen molar-refractivity contribution in [1.29, 1.82) is 0 Å². The highest BCUT2D eigenvalue weighted by molar-refractivity contribution is 7.93. The Morgan fingerprint density at radius 3 is 2.46 bits per heavy atom. The molecular formula is C20H19ClN2O3S2. The molecule has 0 saturated heterocycles. The second-order valence-corrected chi connectivity index (χ2v) is 9.19. The number of hydrogen-bond acceptors (Lipinski definition) is 4. The minimum Gasteiger partial charge on any atom is -0.321 e. The summed E-state index contributed by atoms with van der Waals surface area (Å²) in [6.07, 6.45) is 0. The molecule has 5 nitrogen and oxygen atoms in total. The Balaban J connectivity index is 1.96. The van der Waals surface area contributed by atoms with E-state index in [-0.39, 0.29) is 22.4 Å². The number of halogens is 1. The Morgan fingerprint density at radius 1 is 1.14 bits per heavy atom. The number of rotatable bonds is 6. The number of nitrogens with zero attached hydrogens (tertiary/aromatic N) is 1. The highest BCUT2D eigenvalue weighted by atomic mass is 35.5. The Bertz CT molecular complexity index is 1100. The minimum atomic E-state index is -3.90. The first-order chi connectivity index (χ1) is 13.3. The van der Waals surface area contributed by atoms with Gasteiger partial charge in [0.05, 0.1) is 15.6 Å². The maximum atomic E-state index is 13.2. The molecule has 3 rings (SSSR count). The lowest BCUT2D eigenvalue weighted by Crippen LogP contribution is -2.31. The number of hydrogen-bond donors (Lipinski definition) is 1. The monoisotopic (exact) mass is 434 g/mol. The molecule has 1 heterocycles. The lowest BCUT2D eigenvalue weighted by Gasteiger charge is -2.23. The zero-order chi connectivity index (χ0) is 20.3. The zero-order valence-electron chi connectivity index (χ0n) is 15.3. The Kier molecular flexibility index (Phi) is 6.07. The summed E-state index contributed by atoms with van der Waals surface area (Å²) in [5.74, 6) is -0.284. The van der Waals surface area contributed by atoms with Crippen molar-refractivity contribution in [2.24, 2.45) is 0 Å². The summed E-state index contributed by atoms with van der Waals surface area (Å²) in [6, 6.07) is 15.1. The lowest BCUT2D eigenvalue weighted by atomic mass is 10.2. The Morgan fingerprint density at radius 2 is 1.86 bits per heavy atom. The SMILES string of the molecule is CCN(c1ccccc1)S(=O)(=O)c1cc(NC(=O)c2sccc2C)ccc1Cl. The van der Waals surface area contributed by atoms with Gasteiger partial charge >= 0.3 is 0 Å². The van der Waals surface area contributed by atoms with Gasteiger partial charge in [-0.15, -0.1) is 11.3 Å². The summed E-state index contributed by atoms with van der Waals surface area (Å²) in [5, 5.41) is 4.68. The third-order valence-electron chi connectivity index (χ3n) is 4.16. The van der Waals surface area contributed by atoms with E-state index in [9.17, 15) is 13.2 Å². The van der Waals surface area contributed by atoms with Gasteiger partial charge in [-0.3, -0.25) is 9.10 Å². The van der Waals surface area contributed by atoms with Gasteiger partial charge in [-0.2, -0.15) is 0 Å². The lowest BCUT2D eigenvalue weighted by molar-refractivity contribution is 0.103. The van der Waals surface area contributed by atoms with E-state index in [1.165, 1.54) is 27.8 Å². The van der Waals surface area contributed by atoms with Crippen LogP contribution >= 0.6 is 22.9 Å². The zero-order valence-corrected chi connectivity index (χ0v) is 17.7. The molecule has 28 heavy (non-hydrogen) atoms. The molecule has 3 aromatic rings. The molecule has 0 aliphatic carbocycles. The molecule has 0 spiro atoms. The third kappa shape index (κ3) is 4.06. The molecule has 1 aromatic heterocycles. The van der Waals surface area contributed by atoms with Crippen molar-refractivity contribution in [3.63, 3.8) is 0 Å². The molecule has 0 fully saturated rings. The Hall–Kier alpha value is -2.35. The van der Waals surface area contributed by atoms with Gasteiger partial charge in [0.2, 0.25) is 0 Å². The van der Waals surface area contributed by atoms with Crippen molar-refractivity contribution in [3.8, 4) is 0 Å². The average molecular weight is 435 g/mol. The predicted molar refractivity (Wildman–Crippen MR) is 115 cm³/mol. The number of thiophene rings is 1. The number of anilines is 2. The molecule has 0 bridgehead atoms. The minimum absolute atomic E-state index is 0.0550. The molecule has 1 amide bonds. The van der Waals surface area contributed by atoms with Crippen LogP contribution in [0.15, 0.2) is 64.9 Å². The maximum absolute atomic E-state index is 13.2. The number of carbonyl (C=O) groups is 1. The number of aryl methyl sites for hydroxylation is 1. The standard InChI is InChI=1S/C20H19ClN2O3S2/c1-3-23(16-7-5-4-6-8-16)28(25,26)18-13-15(9-10-17(18)21)22-20(24)19-14(2)11-12-27-19/h4-13H,3H2,1-2H3,(H,22,24). The molecule has 0 saturated carbocycles. The molecule has 146 valence electrons. The first-order valence-electron chi connectivity index (χ1n) is 8.57. The van der Waals surface area contributed by atoms with Gasteiger partial charge < -0.3 is 5.32 Å². The van der Waals surface area contributed by atoms with Gasteiger partial charge in [0, 0.05) is 12.2 Å². The fraction of sp³-hybridized carbons (Fsp3) is 0.150. The summed E-state index contributed by atoms with van der Waals surface area (Å²) in [5.41, 5.74) is 1.78. The first kappa shape index (κ1) is 20.4. The molecule has 8 heteroatoms. The number of amides is 1. The molecule has 1 N–H and O–H groups in total. The second-order valence-electron chi connectivity index (χ2n) is 6.04. The fourth-order valence-electron chi connectivity index (χ4n) is 2.78. The number of carbonyl (C=O) groups excluding carboxylic acids is 1. The summed E-state index contributed by atoms with van der Waals surface area (Å²) < 4.78 is 27.8. The van der Waals surface area contributed by atoms with Crippen LogP contribution in [-0.2, 0) is 10.0 Å². The molecule has 0 radical (unpaired) electrons. The number of benzene rings is 2. The largest absolute Gasteiger partial charge is 0.321 e. The maximum Gasteiger partial charge on any atom is 0.265 e. The van der Waals surface area contributed by atoms with E-state index in [1.54, 1.807) is 37.3 Å². The number of para-hydroxylation sites is 1. The quantitative estimate of drug-likeness (QED) is 0.581. The summed E-state index contributed by atoms with van der Waals surface area (Å²) in [7, 11) is -3.90. The van der Waals surface area contributed by atoms with Crippen molar-refractivity contribution in [3.05, 3.63) is 75.4 Å². The van der Waals surface area contributed by atoms with E-state index in [1.807, 2.05) is 24.4 Å². The molecule has 0 aliphatic heterocycles. The van der Waals surface area contributed by atoms with Crippen molar-refractivity contribution >= 4 is 50.2 Å². The summed E-state index contributed by atoms with van der Waals surface area (Å²) in [6.45, 7) is 3.85. The topological polar surface area (TPSA) is 66.5 Å². The van der Waals surface area contributed by atoms with Crippen LogP contribution in [-0.4, -0.2) is 20.9 Å². The van der Waals surface area contributed by atoms with E-state index in [2.05, 4.69) is 5.32 Å². The van der Waals surface area contributed by atoms with Crippen LogP contribution in [0.2, 0.25) is 5.02 Å². The molecule has 0 atom stereocenters. The van der Waals surface area contributed by atoms with Gasteiger partial charge in [0.25, 0.3) is 15.9 Å². The van der Waals surface area contributed by atoms with Crippen LogP contribution in [0.3, 0.4) is 0 Å². The van der Waals surface area contributed by atoms with E-state index in [4.69, 9.17) is 11.6 Å². The van der Waals surface area contributed by atoms with Gasteiger partial charge in [-0.25, -0.2) is 8.42 Å². The van der Waals surface area contributed by atoms with Gasteiger partial charge in [0.15, 0.2) is 0 Å². The van der Waals surface area contributed by atoms with Crippen LogP contribution in [0.25, 0.3) is 0 Å². The van der Waals surface area contributed by atoms with E-state index >= 15 is 0 Å². The normalized spacial score (nSPS) is 11.2. The second kappa shape index (κ2) is 8.34. The number of sulfonamides is 1. The van der Waals surface area contributed by atoms with Crippen LogP contribution in [0.1, 0.15) is 22.2 Å². The predicted octanol–water partition coefficient (Wildman–Crippen LogP) is 5.18. The Labute approximate surface area is 173 Å². The van der Waals surface area contributed by atoms with Crippen LogP contribution in [0.5, 0.6) is 0 Å². The van der Waals surface area contributed by atoms with Gasteiger partial charge in [-0.05, 0) is 61.2 Å². The van der Waals surface area contributed by atoms with Crippen LogP contribution in [0, 0.1) is 6.92 Å². The molecule has 0 unspecified atom stereocenters. The van der Waals surface area contributed by atoms with Crippen molar-refractivity contribution in [1.82, 2.24) is 0 Å². The van der Waals surface area contributed by atoms with Crippen LogP contribution in [0.4, 0.5) is 11.4 Å². The average Bonchev–Trinajstić information content (AvgIpc) is 3.10. The molecular weight excluding hydrogens is 416 g/mol. The summed E-state index contributed by atoms with van der Waals surface area (Å²) >= 11 is 7.55. The first-order valence-corrected chi connectivity index (χ1v) is 11.3. The van der Waals surface area contributed by atoms with Crippen molar-refractivity contribution in [2.75, 3.05) is 16.2 Å². The molecule has 2 aromatic carbocycles. The highest BCUT2D eigenvalue weighted by Gasteiger charge is 2.26. The number of nitrogens with one attached hydrogen (secondary N) is 1. The van der Waals surface area contributed by atoms with Gasteiger partial charge in [0.1, 0.15) is 4.90 Å². The van der Waals surface area contributed by atoms with E-state index in [0.717, 1.165) is 5.56 Å². The van der Waals surface area contributed by atoms with E-state index in [0.29, 0.717) is 16.3 Å². The van der Waals surface area contributed by atoms with Crippen LogP contribution < -0.4 is 9.62 Å². The third-order valence-corrected chi connectivity index (χ3v) is 7.56. The van der Waals surface area contributed by atoms with Gasteiger partial charge in [-0.1, -0.05) is 29.8 Å². The molecule has 0 aliphatic rings. The van der Waals surface area contributed by atoms with Crippen molar-refractivity contribution in [2.45, 2.75) is 18.7 Å². The highest BCUT2D eigenvalue weighted by Crippen LogP contribution is 2.31. The fourth-order valence-corrected chi connectivity index (χ4v) is 5.57.